The molecule has 1 saturated heterocycles. The van der Waals surface area contributed by atoms with Gasteiger partial charge in [-0.15, -0.1) is 0 Å². The molecule has 156 valence electrons. The minimum Gasteiger partial charge on any atom is -0.447 e. The van der Waals surface area contributed by atoms with Gasteiger partial charge >= 0.3 is 0 Å². The molecule has 0 unspecified atom stereocenters. The molecule has 0 saturated carbocycles. The van der Waals surface area contributed by atoms with E-state index in [2.05, 4.69) is 15.6 Å². The molecule has 2 atom stereocenters. The number of hydrogen-bond donors (Lipinski definition) is 2. The van der Waals surface area contributed by atoms with Crippen LogP contribution < -0.4 is 10.6 Å². The molecule has 4 rings (SSSR count). The van der Waals surface area contributed by atoms with Crippen molar-refractivity contribution in [2.75, 3.05) is 25.1 Å². The van der Waals surface area contributed by atoms with Gasteiger partial charge in [-0.25, -0.2) is 13.8 Å². The van der Waals surface area contributed by atoms with E-state index in [1.54, 1.807) is 30.3 Å². The van der Waals surface area contributed by atoms with E-state index in [1.165, 1.54) is 19.1 Å². The summed E-state index contributed by atoms with van der Waals surface area (Å²) in [5.41, 5.74) is -3.51. The zero-order valence-corrected chi connectivity index (χ0v) is 16.1. The van der Waals surface area contributed by atoms with Gasteiger partial charge in [0.2, 0.25) is 11.5 Å². The number of alkyl halides is 1. The van der Waals surface area contributed by atoms with E-state index in [9.17, 15) is 14.0 Å². The highest BCUT2D eigenvalue weighted by Gasteiger charge is 2.64. The zero-order chi connectivity index (χ0) is 21.4. The topological polar surface area (TPSA) is 89.0 Å². The Morgan fingerprint density at radius 2 is 1.87 bits per heavy atom. The molecule has 0 bridgehead atoms. The second-order valence-electron chi connectivity index (χ2n) is 7.20. The summed E-state index contributed by atoms with van der Waals surface area (Å²) in [6.45, 7) is 0.284. The van der Waals surface area contributed by atoms with Crippen molar-refractivity contribution in [2.24, 2.45) is 4.99 Å². The number of aliphatic imine (C=N–C) groups is 1. The van der Waals surface area contributed by atoms with Gasteiger partial charge in [-0.3, -0.25) is 14.9 Å². The highest BCUT2D eigenvalue weighted by Crippen LogP contribution is 2.48. The molecular weight excluding hydrogens is 396 g/mol. The van der Waals surface area contributed by atoms with E-state index < -0.39 is 23.0 Å². The second kappa shape index (κ2) is 7.49. The monoisotopic (exact) mass is 415 g/mol. The van der Waals surface area contributed by atoms with Gasteiger partial charge in [-0.2, -0.15) is 0 Å². The third-order valence-corrected chi connectivity index (χ3v) is 5.08. The van der Waals surface area contributed by atoms with Gasteiger partial charge in [0.1, 0.15) is 5.82 Å². The van der Waals surface area contributed by atoms with Crippen molar-refractivity contribution in [1.82, 2.24) is 5.32 Å². The third kappa shape index (κ3) is 3.41. The molecule has 2 N–H and O–H groups in total. The van der Waals surface area contributed by atoms with E-state index in [1.807, 2.05) is 0 Å². The SMILES string of the molecule is CC(=O)Nc1ccc(F)c([C@]23COC[C@]2(F)CN=C(NC(=O)c2ccccc2)O3)c1. The first-order valence-electron chi connectivity index (χ1n) is 9.27. The number of nitrogens with one attached hydrogen (secondary N) is 2. The molecule has 0 aromatic heterocycles. The van der Waals surface area contributed by atoms with Crippen molar-refractivity contribution in [2.45, 2.75) is 18.2 Å². The van der Waals surface area contributed by atoms with E-state index in [-0.39, 0.29) is 42.9 Å². The number of nitrogens with zero attached hydrogens (tertiary/aromatic N) is 1. The molecule has 2 aliphatic heterocycles. The molecule has 30 heavy (non-hydrogen) atoms. The smallest absolute Gasteiger partial charge is 0.292 e. The number of anilines is 1. The number of fused-ring (bicyclic) bond motifs is 1. The fourth-order valence-corrected chi connectivity index (χ4v) is 3.60. The number of carbonyl (C=O) groups is 2. The van der Waals surface area contributed by atoms with E-state index in [0.717, 1.165) is 6.07 Å². The van der Waals surface area contributed by atoms with Crippen LogP contribution in [0.25, 0.3) is 0 Å². The fraction of sp³-hybridized carbons (Fsp3) is 0.286. The predicted octanol–water partition coefficient (Wildman–Crippen LogP) is 2.53. The van der Waals surface area contributed by atoms with E-state index >= 15 is 4.39 Å². The van der Waals surface area contributed by atoms with Crippen LogP contribution in [0, 0.1) is 5.82 Å². The molecule has 1 fully saturated rings. The standard InChI is InChI=1S/C21H19F2N3O4/c1-13(27)25-15-7-8-17(22)16(9-15)21-12-29-11-20(21,23)10-24-19(30-21)26-18(28)14-5-3-2-4-6-14/h2-9H,10-12H2,1H3,(H,25,27)(H,24,26,28)/t20-,21-/m1/s1. The first-order chi connectivity index (χ1) is 14.3. The molecule has 7 nitrogen and oxygen atoms in total. The van der Waals surface area contributed by atoms with Crippen molar-refractivity contribution in [3.8, 4) is 0 Å². The summed E-state index contributed by atoms with van der Waals surface area (Å²) in [5.74, 6) is -1.59. The number of halogens is 2. The Balaban J connectivity index is 1.68. The van der Waals surface area contributed by atoms with Crippen molar-refractivity contribution >= 4 is 23.5 Å². The molecule has 0 aliphatic carbocycles. The number of ether oxygens (including phenoxy) is 2. The van der Waals surface area contributed by atoms with Crippen LogP contribution in [0.15, 0.2) is 53.5 Å². The Hall–Kier alpha value is -3.33. The summed E-state index contributed by atoms with van der Waals surface area (Å²) < 4.78 is 41.7. The minimum absolute atomic E-state index is 0.130. The van der Waals surface area contributed by atoms with Crippen LogP contribution in [-0.4, -0.2) is 43.3 Å². The molecule has 0 spiro atoms. The van der Waals surface area contributed by atoms with Crippen LogP contribution in [0.4, 0.5) is 14.5 Å². The highest BCUT2D eigenvalue weighted by molar-refractivity contribution is 6.04. The molecule has 2 amide bonds. The number of amides is 2. The van der Waals surface area contributed by atoms with Gasteiger partial charge in [-0.1, -0.05) is 18.2 Å². The molecule has 2 heterocycles. The normalized spacial score (nSPS) is 25.0. The maximum atomic E-state index is 15.8. The Bertz CT molecular complexity index is 1030. The lowest BCUT2D eigenvalue weighted by Gasteiger charge is -2.41. The first kappa shape index (κ1) is 20.0. The van der Waals surface area contributed by atoms with Gasteiger partial charge in [0.25, 0.3) is 11.9 Å². The molecule has 9 heteroatoms. The number of benzene rings is 2. The lowest BCUT2D eigenvalue weighted by atomic mass is 9.80. The number of rotatable bonds is 3. The molecule has 2 aliphatic rings. The van der Waals surface area contributed by atoms with Crippen LogP contribution in [0.3, 0.4) is 0 Å². The average molecular weight is 415 g/mol. The fourth-order valence-electron chi connectivity index (χ4n) is 3.60. The van der Waals surface area contributed by atoms with Crippen LogP contribution >= 0.6 is 0 Å². The summed E-state index contributed by atoms with van der Waals surface area (Å²) in [4.78, 5) is 27.8. The van der Waals surface area contributed by atoms with Crippen molar-refractivity contribution < 1.29 is 27.8 Å². The van der Waals surface area contributed by atoms with Gasteiger partial charge in [0.05, 0.1) is 19.8 Å². The molecule has 0 radical (unpaired) electrons. The Kier molecular flexibility index (Phi) is 4.98. The predicted molar refractivity (Wildman–Crippen MR) is 104 cm³/mol. The van der Waals surface area contributed by atoms with Crippen molar-refractivity contribution in [3.63, 3.8) is 0 Å². The summed E-state index contributed by atoms with van der Waals surface area (Å²) in [6, 6.07) is 11.9. The lowest BCUT2D eigenvalue weighted by molar-refractivity contribution is -0.114. The number of hydrogen-bond acceptors (Lipinski definition) is 5. The number of amidine groups is 1. The molecule has 2 aromatic carbocycles. The van der Waals surface area contributed by atoms with E-state index in [4.69, 9.17) is 9.47 Å². The van der Waals surface area contributed by atoms with Gasteiger partial charge < -0.3 is 14.8 Å². The maximum Gasteiger partial charge on any atom is 0.292 e. The van der Waals surface area contributed by atoms with E-state index in [0.29, 0.717) is 5.56 Å². The van der Waals surface area contributed by atoms with Crippen LogP contribution in [0.2, 0.25) is 0 Å². The summed E-state index contributed by atoms with van der Waals surface area (Å²) >= 11 is 0. The summed E-state index contributed by atoms with van der Waals surface area (Å²) in [6.07, 6.45) is 0. The molecular formula is C21H19F2N3O4. The van der Waals surface area contributed by atoms with Gasteiger partial charge in [-0.05, 0) is 30.3 Å². The first-order valence-corrected chi connectivity index (χ1v) is 9.27. The largest absolute Gasteiger partial charge is 0.447 e. The van der Waals surface area contributed by atoms with Gasteiger partial charge in [0, 0.05) is 23.7 Å². The third-order valence-electron chi connectivity index (χ3n) is 5.08. The van der Waals surface area contributed by atoms with Crippen molar-refractivity contribution in [1.29, 1.82) is 0 Å². The van der Waals surface area contributed by atoms with Crippen LogP contribution in [0.5, 0.6) is 0 Å². The van der Waals surface area contributed by atoms with Crippen LogP contribution in [-0.2, 0) is 19.9 Å². The average Bonchev–Trinajstić information content (AvgIpc) is 3.07. The summed E-state index contributed by atoms with van der Waals surface area (Å²) in [5, 5.41) is 5.04. The molecule has 2 aromatic rings. The highest BCUT2D eigenvalue weighted by atomic mass is 19.1. The van der Waals surface area contributed by atoms with Crippen molar-refractivity contribution in [3.05, 3.63) is 65.5 Å². The Morgan fingerprint density at radius 3 is 2.60 bits per heavy atom. The zero-order valence-electron chi connectivity index (χ0n) is 16.1. The maximum absolute atomic E-state index is 15.8. The quantitative estimate of drug-likeness (QED) is 0.806. The Morgan fingerprint density at radius 1 is 1.10 bits per heavy atom. The lowest BCUT2D eigenvalue weighted by Crippen LogP contribution is -2.58. The van der Waals surface area contributed by atoms with Crippen LogP contribution in [0.1, 0.15) is 22.8 Å². The second-order valence-corrected chi connectivity index (χ2v) is 7.20. The summed E-state index contributed by atoms with van der Waals surface area (Å²) in [7, 11) is 0. The number of carbonyl (C=O) groups excluding carboxylic acids is 2. The van der Waals surface area contributed by atoms with Gasteiger partial charge in [0.15, 0.2) is 5.67 Å². The minimum atomic E-state index is -2.15. The Labute approximate surface area is 171 Å².